The third-order valence-electron chi connectivity index (χ3n) is 3.17. The van der Waals surface area contributed by atoms with Gasteiger partial charge >= 0.3 is 0 Å². The third kappa shape index (κ3) is 3.33. The van der Waals surface area contributed by atoms with E-state index in [0.717, 1.165) is 5.56 Å². The van der Waals surface area contributed by atoms with E-state index in [1.807, 2.05) is 12.1 Å². The lowest BCUT2D eigenvalue weighted by molar-refractivity contribution is 0.627. The van der Waals surface area contributed by atoms with Gasteiger partial charge in [0.05, 0.1) is 11.6 Å². The molecule has 0 saturated carbocycles. The number of hydrogen-bond donors (Lipinski definition) is 0. The summed E-state index contributed by atoms with van der Waals surface area (Å²) in [5.41, 5.74) is 3.25. The number of nitriles is 1. The summed E-state index contributed by atoms with van der Waals surface area (Å²) in [5, 5.41) is 9.23. The number of rotatable bonds is 3. The highest BCUT2D eigenvalue weighted by atomic mass is 19.1. The summed E-state index contributed by atoms with van der Waals surface area (Å²) in [4.78, 5) is 0. The molecule has 0 unspecified atom stereocenters. The van der Waals surface area contributed by atoms with Crippen LogP contribution < -0.4 is 0 Å². The molecule has 0 amide bonds. The zero-order chi connectivity index (χ0) is 14.5. The van der Waals surface area contributed by atoms with E-state index in [1.165, 1.54) is 17.7 Å². The Morgan fingerprint density at radius 2 is 1.85 bits per heavy atom. The number of nitrogens with zero attached hydrogens (tertiary/aromatic N) is 1. The molecule has 0 saturated heterocycles. The highest BCUT2D eigenvalue weighted by molar-refractivity contribution is 5.89. The molecule has 0 fully saturated rings. The van der Waals surface area contributed by atoms with Crippen molar-refractivity contribution >= 4 is 11.6 Å². The topological polar surface area (TPSA) is 23.8 Å². The van der Waals surface area contributed by atoms with E-state index in [9.17, 15) is 9.65 Å². The second-order valence-electron chi connectivity index (χ2n) is 5.00. The van der Waals surface area contributed by atoms with Gasteiger partial charge in [-0.2, -0.15) is 5.26 Å². The van der Waals surface area contributed by atoms with Gasteiger partial charge in [0.2, 0.25) is 0 Å². The zero-order valence-corrected chi connectivity index (χ0v) is 11.6. The largest absolute Gasteiger partial charge is 0.207 e. The standard InChI is InChI=1S/C18H16FN/c1-13(2)15-8-6-14(7-9-15)10-17(12-20)16-4-3-5-18(19)11-16/h3-11,13H,1-2H3/b17-10-. The van der Waals surface area contributed by atoms with Crippen LogP contribution in [0.15, 0.2) is 48.5 Å². The molecular formula is C18H16FN. The van der Waals surface area contributed by atoms with E-state index in [-0.39, 0.29) is 5.82 Å². The van der Waals surface area contributed by atoms with Gasteiger partial charge < -0.3 is 0 Å². The number of benzene rings is 2. The highest BCUT2D eigenvalue weighted by Crippen LogP contribution is 2.20. The maximum Gasteiger partial charge on any atom is 0.123 e. The van der Waals surface area contributed by atoms with E-state index in [0.29, 0.717) is 17.1 Å². The van der Waals surface area contributed by atoms with Crippen LogP contribution in [0.3, 0.4) is 0 Å². The Hall–Kier alpha value is -2.40. The predicted molar refractivity (Wildman–Crippen MR) is 80.4 cm³/mol. The Balaban J connectivity index is 2.34. The molecule has 100 valence electrons. The van der Waals surface area contributed by atoms with Crippen molar-refractivity contribution in [3.63, 3.8) is 0 Å². The van der Waals surface area contributed by atoms with Gasteiger partial charge in [0.25, 0.3) is 0 Å². The summed E-state index contributed by atoms with van der Waals surface area (Å²) in [5.74, 6) is 0.144. The van der Waals surface area contributed by atoms with Crippen LogP contribution >= 0.6 is 0 Å². The molecule has 2 aromatic carbocycles. The average molecular weight is 265 g/mol. The number of hydrogen-bond acceptors (Lipinski definition) is 1. The molecule has 0 N–H and O–H groups in total. The van der Waals surface area contributed by atoms with Crippen molar-refractivity contribution in [3.8, 4) is 6.07 Å². The molecule has 0 aliphatic rings. The van der Waals surface area contributed by atoms with Crippen molar-refractivity contribution in [3.05, 3.63) is 71.0 Å². The SMILES string of the molecule is CC(C)c1ccc(/C=C(/C#N)c2cccc(F)c2)cc1. The van der Waals surface area contributed by atoms with E-state index in [1.54, 1.807) is 18.2 Å². The summed E-state index contributed by atoms with van der Waals surface area (Å²) in [6.45, 7) is 4.27. The molecule has 0 heterocycles. The molecule has 1 nitrogen and oxygen atoms in total. The lowest BCUT2D eigenvalue weighted by Crippen LogP contribution is -1.87. The lowest BCUT2D eigenvalue weighted by Gasteiger charge is -2.05. The third-order valence-corrected chi connectivity index (χ3v) is 3.17. The van der Waals surface area contributed by atoms with E-state index < -0.39 is 0 Å². The molecule has 0 aromatic heterocycles. The second-order valence-corrected chi connectivity index (χ2v) is 5.00. The summed E-state index contributed by atoms with van der Waals surface area (Å²) in [7, 11) is 0. The Bertz CT molecular complexity index is 661. The number of halogens is 1. The van der Waals surface area contributed by atoms with Crippen molar-refractivity contribution in [2.75, 3.05) is 0 Å². The second kappa shape index (κ2) is 6.16. The van der Waals surface area contributed by atoms with Gasteiger partial charge in [-0.3, -0.25) is 0 Å². The van der Waals surface area contributed by atoms with Gasteiger partial charge in [-0.05, 0) is 40.8 Å². The molecule has 2 aromatic rings. The van der Waals surface area contributed by atoms with Crippen LogP contribution in [0.2, 0.25) is 0 Å². The predicted octanol–water partition coefficient (Wildman–Crippen LogP) is 5.01. The Morgan fingerprint density at radius 3 is 2.40 bits per heavy atom. The normalized spacial score (nSPS) is 11.4. The van der Waals surface area contributed by atoms with Crippen molar-refractivity contribution in [1.82, 2.24) is 0 Å². The summed E-state index contributed by atoms with van der Waals surface area (Å²) in [6.07, 6.45) is 1.78. The minimum absolute atomic E-state index is 0.334. The zero-order valence-electron chi connectivity index (χ0n) is 11.6. The van der Waals surface area contributed by atoms with Crippen LogP contribution in [0.5, 0.6) is 0 Å². The van der Waals surface area contributed by atoms with Crippen LogP contribution in [0, 0.1) is 17.1 Å². The molecule has 2 rings (SSSR count). The first-order valence-electron chi connectivity index (χ1n) is 6.58. The number of allylic oxidation sites excluding steroid dienone is 1. The maximum absolute atomic E-state index is 13.2. The van der Waals surface area contributed by atoms with E-state index >= 15 is 0 Å². The first kappa shape index (κ1) is 14.0. The quantitative estimate of drug-likeness (QED) is 0.565. The summed E-state index contributed by atoms with van der Waals surface area (Å²) in [6, 6.07) is 16.3. The van der Waals surface area contributed by atoms with E-state index in [2.05, 4.69) is 32.0 Å². The smallest absolute Gasteiger partial charge is 0.123 e. The van der Waals surface area contributed by atoms with Crippen LogP contribution in [-0.2, 0) is 0 Å². The molecule has 2 heteroatoms. The van der Waals surface area contributed by atoms with Gasteiger partial charge in [0, 0.05) is 0 Å². The fourth-order valence-corrected chi connectivity index (χ4v) is 1.98. The molecule has 0 spiro atoms. The Kier molecular flexibility index (Phi) is 4.32. The first-order chi connectivity index (χ1) is 9.60. The molecule has 0 atom stereocenters. The molecule has 0 aliphatic heterocycles. The van der Waals surface area contributed by atoms with Gasteiger partial charge in [-0.25, -0.2) is 4.39 Å². The van der Waals surface area contributed by atoms with Gasteiger partial charge in [-0.15, -0.1) is 0 Å². The highest BCUT2D eigenvalue weighted by Gasteiger charge is 2.03. The molecule has 0 aliphatic carbocycles. The van der Waals surface area contributed by atoms with Gasteiger partial charge in [0.1, 0.15) is 5.82 Å². The Labute approximate surface area is 119 Å². The fourth-order valence-electron chi connectivity index (χ4n) is 1.98. The first-order valence-corrected chi connectivity index (χ1v) is 6.58. The van der Waals surface area contributed by atoms with Gasteiger partial charge in [-0.1, -0.05) is 50.2 Å². The summed E-state index contributed by atoms with van der Waals surface area (Å²) >= 11 is 0. The minimum atomic E-state index is -0.334. The van der Waals surface area contributed by atoms with E-state index in [4.69, 9.17) is 0 Å². The average Bonchev–Trinajstić information content (AvgIpc) is 2.45. The van der Waals surface area contributed by atoms with Crippen LogP contribution in [0.25, 0.3) is 11.6 Å². The van der Waals surface area contributed by atoms with Crippen molar-refractivity contribution in [2.45, 2.75) is 19.8 Å². The molecule has 20 heavy (non-hydrogen) atoms. The monoisotopic (exact) mass is 265 g/mol. The van der Waals surface area contributed by atoms with Crippen LogP contribution in [0.1, 0.15) is 36.5 Å². The molecular weight excluding hydrogens is 249 g/mol. The summed E-state index contributed by atoms with van der Waals surface area (Å²) < 4.78 is 13.2. The Morgan fingerprint density at radius 1 is 1.15 bits per heavy atom. The molecule has 0 radical (unpaired) electrons. The van der Waals surface area contributed by atoms with Crippen molar-refractivity contribution < 1.29 is 4.39 Å². The lowest BCUT2D eigenvalue weighted by atomic mass is 9.99. The fraction of sp³-hybridized carbons (Fsp3) is 0.167. The maximum atomic E-state index is 13.2. The van der Waals surface area contributed by atoms with Crippen molar-refractivity contribution in [1.29, 1.82) is 5.26 Å². The van der Waals surface area contributed by atoms with Crippen molar-refractivity contribution in [2.24, 2.45) is 0 Å². The van der Waals surface area contributed by atoms with Crippen LogP contribution in [-0.4, -0.2) is 0 Å². The van der Waals surface area contributed by atoms with Gasteiger partial charge in [0.15, 0.2) is 0 Å². The van der Waals surface area contributed by atoms with Crippen LogP contribution in [0.4, 0.5) is 4.39 Å². The minimum Gasteiger partial charge on any atom is -0.207 e. The molecule has 0 bridgehead atoms.